The molecular formula is C5H7N5S2. The van der Waals surface area contributed by atoms with Crippen molar-refractivity contribution in [2.75, 3.05) is 5.73 Å². The summed E-state index contributed by atoms with van der Waals surface area (Å²) < 4.78 is 0.478. The van der Waals surface area contributed by atoms with E-state index in [4.69, 9.17) is 29.1 Å². The van der Waals surface area contributed by atoms with E-state index in [1.165, 1.54) is 0 Å². The summed E-state index contributed by atoms with van der Waals surface area (Å²) >= 11 is 5.85. The molecule has 0 spiro atoms. The summed E-state index contributed by atoms with van der Waals surface area (Å²) in [5.41, 5.74) is 10.5. The fraction of sp³-hybridized carbons (Fsp3) is 0. The van der Waals surface area contributed by atoms with Gasteiger partial charge in [0.1, 0.15) is 9.67 Å². The van der Waals surface area contributed by atoms with E-state index in [9.17, 15) is 0 Å². The molecule has 1 aromatic rings. The minimum absolute atomic E-state index is 0.0394. The monoisotopic (exact) mass is 201 g/mol. The van der Waals surface area contributed by atoms with Gasteiger partial charge < -0.3 is 16.5 Å². The number of hydrogen-bond acceptors (Lipinski definition) is 5. The van der Waals surface area contributed by atoms with Crippen LogP contribution in [0.2, 0.25) is 0 Å². The standard InChI is InChI=1S/C5H7N5S2/c6-4(7)12-3-1-2(11)9-5(8)10-3/h1H,(H3,6,7)(H3,8,9,10,11). The highest BCUT2D eigenvalue weighted by molar-refractivity contribution is 8.13. The highest BCUT2D eigenvalue weighted by atomic mass is 32.2. The highest BCUT2D eigenvalue weighted by Gasteiger charge is 1.98. The molecule has 0 saturated carbocycles. The molecule has 6 N–H and O–H groups in total. The molecule has 1 heterocycles. The van der Waals surface area contributed by atoms with E-state index in [-0.39, 0.29) is 11.1 Å². The Hall–Kier alpha value is -1.08. The van der Waals surface area contributed by atoms with Crippen LogP contribution in [0.1, 0.15) is 0 Å². The molecule has 5 nitrogen and oxygen atoms in total. The molecule has 0 bridgehead atoms. The van der Waals surface area contributed by atoms with Crippen LogP contribution in [0.3, 0.4) is 0 Å². The van der Waals surface area contributed by atoms with Gasteiger partial charge in [-0.3, -0.25) is 5.41 Å². The summed E-state index contributed by atoms with van der Waals surface area (Å²) in [6.45, 7) is 0. The van der Waals surface area contributed by atoms with Crippen LogP contribution in [-0.2, 0) is 0 Å². The number of amidine groups is 1. The second-order valence-corrected chi connectivity index (χ2v) is 3.44. The molecule has 0 aliphatic heterocycles. The van der Waals surface area contributed by atoms with Gasteiger partial charge >= 0.3 is 0 Å². The summed E-state index contributed by atoms with van der Waals surface area (Å²) in [6.07, 6.45) is 0. The summed E-state index contributed by atoms with van der Waals surface area (Å²) in [7, 11) is 0. The Labute approximate surface area is 78.1 Å². The van der Waals surface area contributed by atoms with E-state index >= 15 is 0 Å². The van der Waals surface area contributed by atoms with Gasteiger partial charge in [-0.1, -0.05) is 12.2 Å². The Morgan fingerprint density at radius 1 is 1.75 bits per heavy atom. The molecule has 0 atom stereocenters. The van der Waals surface area contributed by atoms with Gasteiger partial charge in [0.2, 0.25) is 0 Å². The van der Waals surface area contributed by atoms with Gasteiger partial charge in [-0.05, 0) is 11.8 Å². The first-order chi connectivity index (χ1) is 5.58. The number of aromatic nitrogens is 2. The van der Waals surface area contributed by atoms with E-state index in [2.05, 4.69) is 9.97 Å². The Morgan fingerprint density at radius 3 is 2.92 bits per heavy atom. The minimum Gasteiger partial charge on any atom is -0.378 e. The van der Waals surface area contributed by atoms with Crippen LogP contribution in [0.15, 0.2) is 11.1 Å². The maximum absolute atomic E-state index is 6.99. The van der Waals surface area contributed by atoms with Gasteiger partial charge in [0.05, 0.1) is 0 Å². The number of hydrogen-bond donors (Lipinski definition) is 4. The zero-order valence-corrected chi connectivity index (χ0v) is 7.63. The van der Waals surface area contributed by atoms with E-state index in [0.717, 1.165) is 11.8 Å². The third kappa shape index (κ3) is 2.51. The van der Waals surface area contributed by atoms with Crippen LogP contribution in [-0.4, -0.2) is 15.1 Å². The molecule has 0 fully saturated rings. The Bertz CT molecular complexity index is 357. The minimum atomic E-state index is -0.0394. The number of H-pyrrole nitrogens is 1. The SMILES string of the molecule is N=C(N)Sc1cc(=S)[nH]c(N)n1. The first-order valence-electron chi connectivity index (χ1n) is 2.96. The van der Waals surface area contributed by atoms with Crippen LogP contribution < -0.4 is 11.5 Å². The summed E-state index contributed by atoms with van der Waals surface area (Å²) in [4.78, 5) is 6.51. The van der Waals surface area contributed by atoms with Crippen molar-refractivity contribution < 1.29 is 0 Å². The maximum atomic E-state index is 6.99. The van der Waals surface area contributed by atoms with Crippen molar-refractivity contribution in [1.29, 1.82) is 5.41 Å². The predicted octanol–water partition coefficient (Wildman–Crippen LogP) is 0.707. The lowest BCUT2D eigenvalue weighted by Crippen LogP contribution is -2.04. The molecule has 1 rings (SSSR count). The van der Waals surface area contributed by atoms with Crippen LogP contribution >= 0.6 is 24.0 Å². The highest BCUT2D eigenvalue weighted by Crippen LogP contribution is 2.14. The molecule has 7 heteroatoms. The lowest BCUT2D eigenvalue weighted by Gasteiger charge is -1.98. The third-order valence-electron chi connectivity index (χ3n) is 0.951. The molecule has 1 aromatic heterocycles. The van der Waals surface area contributed by atoms with Gasteiger partial charge in [0.25, 0.3) is 0 Å². The van der Waals surface area contributed by atoms with E-state index in [1.54, 1.807) is 6.07 Å². The molecule has 12 heavy (non-hydrogen) atoms. The van der Waals surface area contributed by atoms with Gasteiger partial charge in [-0.2, -0.15) is 0 Å². The van der Waals surface area contributed by atoms with Crippen molar-refractivity contribution >= 4 is 35.1 Å². The number of nitrogens with one attached hydrogen (secondary N) is 2. The quantitative estimate of drug-likeness (QED) is 0.176. The predicted molar refractivity (Wildman–Crippen MR) is 51.6 cm³/mol. The van der Waals surface area contributed by atoms with Crippen molar-refractivity contribution in [1.82, 2.24) is 9.97 Å². The molecule has 0 aromatic carbocycles. The van der Waals surface area contributed by atoms with Crippen LogP contribution in [0.4, 0.5) is 5.95 Å². The molecule has 0 unspecified atom stereocenters. The average molecular weight is 201 g/mol. The van der Waals surface area contributed by atoms with Crippen molar-refractivity contribution in [2.45, 2.75) is 5.03 Å². The van der Waals surface area contributed by atoms with Crippen molar-refractivity contribution in [3.63, 3.8) is 0 Å². The Morgan fingerprint density at radius 2 is 2.42 bits per heavy atom. The normalized spacial score (nSPS) is 9.67. The van der Waals surface area contributed by atoms with Crippen molar-refractivity contribution in [2.24, 2.45) is 5.73 Å². The van der Waals surface area contributed by atoms with Crippen molar-refractivity contribution in [3.8, 4) is 0 Å². The first-order valence-corrected chi connectivity index (χ1v) is 4.19. The van der Waals surface area contributed by atoms with Gasteiger partial charge in [-0.15, -0.1) is 0 Å². The molecular weight excluding hydrogens is 194 g/mol. The number of aromatic amines is 1. The average Bonchev–Trinajstić information content (AvgIpc) is 1.81. The van der Waals surface area contributed by atoms with Crippen molar-refractivity contribution in [3.05, 3.63) is 10.7 Å². The first kappa shape index (κ1) is 9.01. The van der Waals surface area contributed by atoms with Crippen LogP contribution in [0.25, 0.3) is 0 Å². The number of anilines is 1. The Balaban J connectivity index is 3.01. The van der Waals surface area contributed by atoms with Gasteiger partial charge in [0.15, 0.2) is 11.1 Å². The molecule has 0 amide bonds. The number of nitrogens with zero attached hydrogens (tertiary/aromatic N) is 1. The second-order valence-electron chi connectivity index (χ2n) is 1.94. The fourth-order valence-electron chi connectivity index (χ4n) is 0.618. The van der Waals surface area contributed by atoms with E-state index in [1.807, 2.05) is 0 Å². The van der Waals surface area contributed by atoms with E-state index < -0.39 is 0 Å². The summed E-state index contributed by atoms with van der Waals surface area (Å²) in [6, 6.07) is 1.60. The largest absolute Gasteiger partial charge is 0.378 e. The fourth-order valence-corrected chi connectivity index (χ4v) is 1.46. The lowest BCUT2D eigenvalue weighted by atomic mass is 10.7. The van der Waals surface area contributed by atoms with Gasteiger partial charge in [-0.25, -0.2) is 4.98 Å². The maximum Gasteiger partial charge on any atom is 0.199 e. The van der Waals surface area contributed by atoms with Gasteiger partial charge in [0, 0.05) is 6.07 Å². The zero-order chi connectivity index (χ0) is 9.14. The smallest absolute Gasteiger partial charge is 0.199 e. The summed E-state index contributed by atoms with van der Waals surface area (Å²) in [5, 5.41) is 7.48. The lowest BCUT2D eigenvalue weighted by molar-refractivity contribution is 1.06. The van der Waals surface area contributed by atoms with Crippen LogP contribution in [0.5, 0.6) is 0 Å². The molecule has 0 aliphatic rings. The number of nitrogens with two attached hydrogens (primary N) is 2. The van der Waals surface area contributed by atoms with Crippen LogP contribution in [0, 0.1) is 10.0 Å². The second kappa shape index (κ2) is 3.55. The Kier molecular flexibility index (Phi) is 2.66. The molecule has 0 radical (unpaired) electrons. The topological polar surface area (TPSA) is 105 Å². The number of thioether (sulfide) groups is 1. The zero-order valence-electron chi connectivity index (χ0n) is 6.00. The summed E-state index contributed by atoms with van der Waals surface area (Å²) in [5.74, 6) is 0.228. The number of rotatable bonds is 1. The molecule has 64 valence electrons. The molecule has 0 saturated heterocycles. The van der Waals surface area contributed by atoms with E-state index in [0.29, 0.717) is 9.67 Å². The molecule has 0 aliphatic carbocycles. The third-order valence-corrected chi connectivity index (χ3v) is 1.81. The number of nitrogen functional groups attached to an aromatic ring is 1.